The maximum atomic E-state index is 14.0. The molecule has 2 amide bonds. The van der Waals surface area contributed by atoms with Crippen molar-refractivity contribution >= 4 is 33.4 Å². The molecule has 2 bridgehead atoms. The summed E-state index contributed by atoms with van der Waals surface area (Å²) < 4.78 is 38.9. The van der Waals surface area contributed by atoms with E-state index in [1.807, 2.05) is 32.6 Å². The average molecular weight is 691 g/mol. The number of nitrogens with zero attached hydrogens (tertiary/aromatic N) is 3. The first-order chi connectivity index (χ1) is 22.7. The summed E-state index contributed by atoms with van der Waals surface area (Å²) in [6.45, 7) is 12.9. The molecule has 266 valence electrons. The monoisotopic (exact) mass is 690 g/mol. The van der Waals surface area contributed by atoms with Crippen molar-refractivity contribution in [3.63, 3.8) is 0 Å². The molecule has 1 saturated heterocycles. The summed E-state index contributed by atoms with van der Waals surface area (Å²) in [5.41, 5.74) is 0.505. The Bertz CT molecular complexity index is 1490. The second-order valence-corrected chi connectivity index (χ2v) is 15.0. The van der Waals surface area contributed by atoms with Crippen molar-refractivity contribution in [1.82, 2.24) is 20.1 Å². The highest BCUT2D eigenvalue weighted by atomic mass is 32.2. The smallest absolute Gasteiger partial charge is 0.330 e. The van der Waals surface area contributed by atoms with Crippen LogP contribution in [-0.4, -0.2) is 114 Å². The Morgan fingerprint density at radius 3 is 2.52 bits per heavy atom. The molecule has 5 atom stereocenters. The van der Waals surface area contributed by atoms with Crippen LogP contribution in [0.2, 0.25) is 0 Å². The van der Waals surface area contributed by atoms with Crippen molar-refractivity contribution in [2.45, 2.75) is 84.3 Å². The zero-order valence-electron chi connectivity index (χ0n) is 28.8. The van der Waals surface area contributed by atoms with Crippen molar-refractivity contribution in [1.29, 1.82) is 0 Å². The van der Waals surface area contributed by atoms with Crippen LogP contribution < -0.4 is 5.32 Å². The van der Waals surface area contributed by atoms with E-state index in [2.05, 4.69) is 10.3 Å². The Hall–Kier alpha value is -3.62. The topological polar surface area (TPSA) is 176 Å². The Morgan fingerprint density at radius 2 is 1.85 bits per heavy atom. The normalized spacial score (nSPS) is 28.1. The number of amides is 2. The molecule has 0 aliphatic carbocycles. The van der Waals surface area contributed by atoms with Crippen molar-refractivity contribution in [3.05, 3.63) is 53.8 Å². The van der Waals surface area contributed by atoms with E-state index in [9.17, 15) is 32.7 Å². The van der Waals surface area contributed by atoms with Crippen LogP contribution >= 0.6 is 0 Å². The van der Waals surface area contributed by atoms with E-state index in [4.69, 9.17) is 9.15 Å². The number of rotatable bonds is 7. The van der Waals surface area contributed by atoms with Crippen LogP contribution in [-0.2, 0) is 35.4 Å². The Morgan fingerprint density at radius 1 is 1.15 bits per heavy atom. The summed E-state index contributed by atoms with van der Waals surface area (Å²) in [6.07, 6.45) is 6.68. The van der Waals surface area contributed by atoms with Crippen molar-refractivity contribution in [2.75, 3.05) is 38.5 Å². The van der Waals surface area contributed by atoms with Crippen LogP contribution in [0.1, 0.15) is 70.8 Å². The van der Waals surface area contributed by atoms with Crippen LogP contribution in [0.25, 0.3) is 0 Å². The fourth-order valence-corrected chi connectivity index (χ4v) is 7.92. The summed E-state index contributed by atoms with van der Waals surface area (Å²) in [5.74, 6) is -3.23. The maximum absolute atomic E-state index is 14.0. The molecule has 0 radical (unpaired) electrons. The summed E-state index contributed by atoms with van der Waals surface area (Å²) in [6, 6.07) is -1.44. The number of sulfone groups is 1. The van der Waals surface area contributed by atoms with Gasteiger partial charge in [0.2, 0.25) is 11.8 Å². The Balaban J connectivity index is 2.00. The molecule has 2 aliphatic rings. The highest BCUT2D eigenvalue weighted by molar-refractivity contribution is 7.92. The van der Waals surface area contributed by atoms with Crippen molar-refractivity contribution < 1.29 is 41.9 Å². The highest BCUT2D eigenvalue weighted by Gasteiger charge is 2.50. The molecule has 0 saturated carbocycles. The Labute approximate surface area is 283 Å². The molecule has 3 rings (SSSR count). The molecule has 1 aromatic heterocycles. The lowest BCUT2D eigenvalue weighted by atomic mass is 9.94. The molecule has 2 aliphatic heterocycles. The molecule has 13 nitrogen and oxygen atoms in total. The number of hydrogen-bond donors (Lipinski definition) is 2. The van der Waals surface area contributed by atoms with Gasteiger partial charge in [0.1, 0.15) is 24.2 Å². The fourth-order valence-electron chi connectivity index (χ4n) is 5.99. The van der Waals surface area contributed by atoms with Crippen molar-refractivity contribution in [3.8, 4) is 0 Å². The molecule has 1 fully saturated rings. The average Bonchev–Trinajstić information content (AvgIpc) is 3.68. The van der Waals surface area contributed by atoms with Gasteiger partial charge >= 0.3 is 5.97 Å². The lowest BCUT2D eigenvalue weighted by molar-refractivity contribution is -0.157. The number of aliphatic hydroxyl groups is 1. The number of aliphatic hydroxyl groups excluding tert-OH is 1. The van der Waals surface area contributed by atoms with Crippen LogP contribution in [0.4, 0.5) is 0 Å². The minimum Gasteiger partial charge on any atom is -0.460 e. The van der Waals surface area contributed by atoms with Crippen LogP contribution in [0.3, 0.4) is 0 Å². The molecule has 1 aromatic rings. The lowest BCUT2D eigenvalue weighted by Crippen LogP contribution is -2.50. The van der Waals surface area contributed by atoms with E-state index in [1.54, 1.807) is 32.1 Å². The SMILES string of the molecule is CCN(CC)CCS(=O)(=O)[C@H]1CCN2C(=O)c3coc(n3)CC(=O)CC(O)/C=C(C)\C=C/CNC(=O)/C=C\[C@@H](C)[C@@H](C(C)C)OC(=O)[C@@H]12. The van der Waals surface area contributed by atoms with E-state index in [-0.39, 0.29) is 73.8 Å². The van der Waals surface area contributed by atoms with E-state index in [1.165, 1.54) is 12.2 Å². The number of carbonyl (C=O) groups excluding carboxylic acids is 4. The number of Topliss-reactive ketones (excluding diaryl/α,β-unsaturated/α-hetero) is 1. The third-order valence-electron chi connectivity index (χ3n) is 8.66. The number of nitrogens with one attached hydrogen (secondary N) is 1. The second kappa shape index (κ2) is 17.7. The molecule has 48 heavy (non-hydrogen) atoms. The van der Waals surface area contributed by atoms with Gasteiger partial charge in [-0.3, -0.25) is 14.4 Å². The van der Waals surface area contributed by atoms with E-state index in [0.29, 0.717) is 18.7 Å². The minimum absolute atomic E-state index is 0.0243. The van der Waals surface area contributed by atoms with Gasteiger partial charge in [0.05, 0.1) is 23.5 Å². The predicted octanol–water partition coefficient (Wildman–Crippen LogP) is 2.27. The molecule has 3 heterocycles. The summed E-state index contributed by atoms with van der Waals surface area (Å²) >= 11 is 0. The standard InChI is InChI=1S/C34H50N4O9S/c1-7-37(8-2)16-17-48(44,45)28-13-15-38-31(28)34(43)47-32(22(3)4)24(6)11-12-29(41)35-14-9-10-23(5)18-25(39)19-26(40)20-30-36-27(21-46-30)33(38)42/h9-12,18,21-22,24-25,28,31-32,39H,7-8,13-17,19-20H2,1-6H3,(H,35,41)/b10-9-,12-11-,23-18-/t24-,25?,28+,31-,32-/m1/s1. The lowest BCUT2D eigenvalue weighted by Gasteiger charge is -2.31. The van der Waals surface area contributed by atoms with Gasteiger partial charge in [-0.2, -0.15) is 0 Å². The van der Waals surface area contributed by atoms with E-state index < -0.39 is 51.1 Å². The van der Waals surface area contributed by atoms with Crippen molar-refractivity contribution in [2.24, 2.45) is 11.8 Å². The second-order valence-electron chi connectivity index (χ2n) is 12.7. The number of ether oxygens (including phenoxy) is 1. The maximum Gasteiger partial charge on any atom is 0.330 e. The number of ketones is 1. The third-order valence-corrected chi connectivity index (χ3v) is 10.8. The van der Waals surface area contributed by atoms with Gasteiger partial charge in [0, 0.05) is 32.0 Å². The molecular weight excluding hydrogens is 640 g/mol. The quantitative estimate of drug-likeness (QED) is 0.402. The minimum atomic E-state index is -3.87. The molecule has 2 N–H and O–H groups in total. The number of oxazole rings is 1. The molecule has 0 aromatic carbocycles. The molecule has 1 unspecified atom stereocenters. The zero-order chi connectivity index (χ0) is 35.6. The first-order valence-electron chi connectivity index (χ1n) is 16.6. The summed E-state index contributed by atoms with van der Waals surface area (Å²) in [4.78, 5) is 60.3. The van der Waals surface area contributed by atoms with Crippen LogP contribution in [0.5, 0.6) is 0 Å². The van der Waals surface area contributed by atoms with Gasteiger partial charge in [-0.1, -0.05) is 64.5 Å². The largest absolute Gasteiger partial charge is 0.460 e. The van der Waals surface area contributed by atoms with Gasteiger partial charge in [0.15, 0.2) is 15.5 Å². The number of carbonyl (C=O) groups is 4. The van der Waals surface area contributed by atoms with Crippen LogP contribution in [0.15, 0.2) is 46.6 Å². The Kier molecular flexibility index (Phi) is 14.3. The summed E-state index contributed by atoms with van der Waals surface area (Å²) in [7, 11) is -3.87. The fraction of sp³-hybridized carbons (Fsp3) is 0.618. The number of fused-ring (bicyclic) bond motifs is 3. The van der Waals surface area contributed by atoms with E-state index >= 15 is 0 Å². The molecule has 0 spiro atoms. The number of esters is 1. The van der Waals surface area contributed by atoms with Gasteiger partial charge in [0.25, 0.3) is 5.91 Å². The predicted molar refractivity (Wildman–Crippen MR) is 180 cm³/mol. The van der Waals surface area contributed by atoms with Crippen LogP contribution in [0, 0.1) is 11.8 Å². The summed E-state index contributed by atoms with van der Waals surface area (Å²) in [5, 5.41) is 11.9. The first kappa shape index (κ1) is 38.8. The molecular formula is C34H50N4O9S. The number of cyclic esters (lactones) is 1. The van der Waals surface area contributed by atoms with Gasteiger partial charge < -0.3 is 29.4 Å². The number of aromatic nitrogens is 1. The number of hydrogen-bond acceptors (Lipinski definition) is 11. The third kappa shape index (κ3) is 10.7. The van der Waals surface area contributed by atoms with E-state index in [0.717, 1.165) is 11.2 Å². The molecule has 14 heteroatoms. The zero-order valence-corrected chi connectivity index (χ0v) is 29.6. The number of allylic oxidation sites excluding steroid dienone is 2. The van der Waals surface area contributed by atoms with Gasteiger partial charge in [-0.05, 0) is 38.4 Å². The van der Waals surface area contributed by atoms with Gasteiger partial charge in [-0.25, -0.2) is 18.2 Å². The van der Waals surface area contributed by atoms with Gasteiger partial charge in [-0.15, -0.1) is 0 Å². The first-order valence-corrected chi connectivity index (χ1v) is 18.3. The highest BCUT2D eigenvalue weighted by Crippen LogP contribution is 2.30.